The summed E-state index contributed by atoms with van der Waals surface area (Å²) in [5, 5.41) is 31.6. The number of ether oxygens (including phenoxy) is 1. The maximum absolute atomic E-state index is 10.8. The van der Waals surface area contributed by atoms with E-state index in [1.54, 1.807) is 6.92 Å². The molecule has 0 amide bonds. The van der Waals surface area contributed by atoms with Crippen LogP contribution >= 0.6 is 0 Å². The molecule has 24 heavy (non-hydrogen) atoms. The summed E-state index contributed by atoms with van der Waals surface area (Å²) in [5.41, 5.74) is -1.28. The highest BCUT2D eigenvalue weighted by molar-refractivity contribution is 5.14. The number of rotatable bonds is 1. The lowest BCUT2D eigenvalue weighted by atomic mass is 9.43. The SMILES string of the molecule is C[C@H](O)[C@]1(C)O[C@@]2(C)CC[C@@H]3C(C)(C)[C@H](O)CC[C@@]3(C)[C@@H]2C[C@H]1O. The smallest absolute Gasteiger partial charge is 0.117 e. The van der Waals surface area contributed by atoms with Gasteiger partial charge in [-0.3, -0.25) is 0 Å². The van der Waals surface area contributed by atoms with Gasteiger partial charge < -0.3 is 20.1 Å². The molecule has 140 valence electrons. The predicted octanol–water partition coefficient (Wildman–Crippen LogP) is 2.88. The molecule has 0 bridgehead atoms. The maximum Gasteiger partial charge on any atom is 0.117 e. The van der Waals surface area contributed by atoms with Gasteiger partial charge in [-0.25, -0.2) is 0 Å². The molecule has 1 saturated heterocycles. The van der Waals surface area contributed by atoms with Gasteiger partial charge in [0.2, 0.25) is 0 Å². The van der Waals surface area contributed by atoms with Crippen molar-refractivity contribution < 1.29 is 20.1 Å². The summed E-state index contributed by atoms with van der Waals surface area (Å²) >= 11 is 0. The molecule has 3 aliphatic rings. The molecule has 0 aromatic heterocycles. The van der Waals surface area contributed by atoms with E-state index >= 15 is 0 Å². The third-order valence-electron chi connectivity index (χ3n) is 8.38. The molecule has 0 spiro atoms. The zero-order valence-electron chi connectivity index (χ0n) is 16.2. The van der Waals surface area contributed by atoms with E-state index in [0.29, 0.717) is 12.3 Å². The summed E-state index contributed by atoms with van der Waals surface area (Å²) < 4.78 is 6.49. The molecular weight excluding hydrogens is 304 g/mol. The fraction of sp³-hybridized carbons (Fsp3) is 1.00. The summed E-state index contributed by atoms with van der Waals surface area (Å²) in [7, 11) is 0. The van der Waals surface area contributed by atoms with Crippen LogP contribution in [0.15, 0.2) is 0 Å². The van der Waals surface area contributed by atoms with Crippen LogP contribution in [0.5, 0.6) is 0 Å². The summed E-state index contributed by atoms with van der Waals surface area (Å²) in [6, 6.07) is 0. The van der Waals surface area contributed by atoms with Crippen molar-refractivity contribution in [3.8, 4) is 0 Å². The molecule has 4 heteroatoms. The third kappa shape index (κ3) is 2.33. The Kier molecular flexibility index (Phi) is 4.21. The topological polar surface area (TPSA) is 69.9 Å². The fourth-order valence-corrected chi connectivity index (χ4v) is 6.53. The molecule has 0 unspecified atom stereocenters. The zero-order valence-corrected chi connectivity index (χ0v) is 16.2. The van der Waals surface area contributed by atoms with Crippen molar-refractivity contribution in [2.75, 3.05) is 0 Å². The Morgan fingerprint density at radius 2 is 1.54 bits per heavy atom. The van der Waals surface area contributed by atoms with Crippen LogP contribution in [0.25, 0.3) is 0 Å². The van der Waals surface area contributed by atoms with Crippen molar-refractivity contribution >= 4 is 0 Å². The highest BCUT2D eigenvalue weighted by atomic mass is 16.6. The lowest BCUT2D eigenvalue weighted by Crippen LogP contribution is -2.69. The Hall–Kier alpha value is -0.160. The third-order valence-corrected chi connectivity index (χ3v) is 8.38. The first-order valence-corrected chi connectivity index (χ1v) is 9.62. The number of fused-ring (bicyclic) bond motifs is 3. The summed E-state index contributed by atoms with van der Waals surface area (Å²) in [6.07, 6.45) is 2.78. The van der Waals surface area contributed by atoms with E-state index in [9.17, 15) is 15.3 Å². The summed E-state index contributed by atoms with van der Waals surface area (Å²) in [6.45, 7) is 12.5. The van der Waals surface area contributed by atoms with Gasteiger partial charge in [-0.1, -0.05) is 20.8 Å². The van der Waals surface area contributed by atoms with E-state index in [1.165, 1.54) is 0 Å². The molecule has 0 aromatic carbocycles. The Labute approximate surface area is 146 Å². The van der Waals surface area contributed by atoms with Crippen LogP contribution in [0.1, 0.15) is 73.6 Å². The number of hydrogen-bond donors (Lipinski definition) is 3. The van der Waals surface area contributed by atoms with Crippen molar-refractivity contribution in [3.05, 3.63) is 0 Å². The molecule has 3 N–H and O–H groups in total. The molecule has 8 atom stereocenters. The molecule has 4 nitrogen and oxygen atoms in total. The van der Waals surface area contributed by atoms with E-state index < -0.39 is 17.8 Å². The van der Waals surface area contributed by atoms with Gasteiger partial charge in [0.25, 0.3) is 0 Å². The molecular formula is C20H36O4. The van der Waals surface area contributed by atoms with Crippen LogP contribution in [-0.2, 0) is 4.74 Å². The minimum Gasteiger partial charge on any atom is -0.393 e. The van der Waals surface area contributed by atoms with E-state index in [0.717, 1.165) is 25.7 Å². The molecule has 1 aliphatic heterocycles. The van der Waals surface area contributed by atoms with Crippen LogP contribution in [0, 0.1) is 22.7 Å². The average Bonchev–Trinajstić information content (AvgIpc) is 2.46. The number of aliphatic hydroxyl groups is 3. The van der Waals surface area contributed by atoms with Crippen LogP contribution < -0.4 is 0 Å². The van der Waals surface area contributed by atoms with Crippen molar-refractivity contribution in [3.63, 3.8) is 0 Å². The van der Waals surface area contributed by atoms with Crippen LogP contribution in [0.3, 0.4) is 0 Å². The van der Waals surface area contributed by atoms with Gasteiger partial charge in [-0.15, -0.1) is 0 Å². The quantitative estimate of drug-likeness (QED) is 0.686. The molecule has 1 heterocycles. The molecule has 0 aromatic rings. The van der Waals surface area contributed by atoms with E-state index in [4.69, 9.17) is 4.74 Å². The van der Waals surface area contributed by atoms with Crippen LogP contribution in [-0.4, -0.2) is 44.8 Å². The van der Waals surface area contributed by atoms with Crippen molar-refractivity contribution in [2.24, 2.45) is 22.7 Å². The fourth-order valence-electron chi connectivity index (χ4n) is 6.53. The van der Waals surface area contributed by atoms with Gasteiger partial charge in [-0.2, -0.15) is 0 Å². The Morgan fingerprint density at radius 3 is 2.12 bits per heavy atom. The largest absolute Gasteiger partial charge is 0.393 e. The molecule has 3 rings (SSSR count). The van der Waals surface area contributed by atoms with Gasteiger partial charge in [0, 0.05) is 0 Å². The second-order valence-corrected chi connectivity index (χ2v) is 10.1. The van der Waals surface area contributed by atoms with Gasteiger partial charge in [0.05, 0.1) is 23.9 Å². The Morgan fingerprint density at radius 1 is 0.917 bits per heavy atom. The predicted molar refractivity (Wildman–Crippen MR) is 93.5 cm³/mol. The molecule has 2 saturated carbocycles. The second-order valence-electron chi connectivity index (χ2n) is 10.1. The van der Waals surface area contributed by atoms with Crippen molar-refractivity contribution in [1.29, 1.82) is 0 Å². The van der Waals surface area contributed by atoms with Gasteiger partial charge in [0.1, 0.15) is 5.60 Å². The number of hydrogen-bond acceptors (Lipinski definition) is 4. The van der Waals surface area contributed by atoms with Gasteiger partial charge >= 0.3 is 0 Å². The van der Waals surface area contributed by atoms with E-state index in [2.05, 4.69) is 27.7 Å². The van der Waals surface area contributed by atoms with E-state index in [1.807, 2.05) is 6.92 Å². The Balaban J connectivity index is 1.98. The van der Waals surface area contributed by atoms with Crippen molar-refractivity contribution in [2.45, 2.75) is 103 Å². The normalized spacial score (nSPS) is 55.4. The van der Waals surface area contributed by atoms with E-state index in [-0.39, 0.29) is 28.5 Å². The minimum absolute atomic E-state index is 0.0523. The van der Waals surface area contributed by atoms with Crippen molar-refractivity contribution in [1.82, 2.24) is 0 Å². The second kappa shape index (κ2) is 5.42. The van der Waals surface area contributed by atoms with Gasteiger partial charge in [-0.05, 0) is 75.5 Å². The maximum atomic E-state index is 10.8. The van der Waals surface area contributed by atoms with Crippen LogP contribution in [0.2, 0.25) is 0 Å². The first kappa shape index (κ1) is 18.6. The first-order valence-electron chi connectivity index (χ1n) is 9.62. The minimum atomic E-state index is -0.905. The highest BCUT2D eigenvalue weighted by Crippen LogP contribution is 2.65. The van der Waals surface area contributed by atoms with Crippen LogP contribution in [0.4, 0.5) is 0 Å². The zero-order chi connectivity index (χ0) is 18.1. The lowest BCUT2D eigenvalue weighted by molar-refractivity contribution is -0.318. The molecule has 0 radical (unpaired) electrons. The first-order chi connectivity index (χ1) is 10.9. The summed E-state index contributed by atoms with van der Waals surface area (Å²) in [5.74, 6) is 0.677. The highest BCUT2D eigenvalue weighted by Gasteiger charge is 2.65. The molecule has 2 aliphatic carbocycles. The standard InChI is InChI=1S/C20H36O4/c1-12(21)20(6)16(23)11-14-18(4)9-8-15(22)17(2,3)13(18)7-10-19(14,5)24-20/h12-16,21-23H,7-11H2,1-6H3/t12-,13+,14-,15+,16+,18+,19-,20-/m0/s1. The molecule has 3 fully saturated rings. The van der Waals surface area contributed by atoms with Gasteiger partial charge in [0.15, 0.2) is 0 Å². The lowest BCUT2D eigenvalue weighted by Gasteiger charge is -2.67. The number of aliphatic hydroxyl groups excluding tert-OH is 3. The summed E-state index contributed by atoms with van der Waals surface area (Å²) in [4.78, 5) is 0. The Bertz CT molecular complexity index is 504. The average molecular weight is 341 g/mol. The monoisotopic (exact) mass is 340 g/mol.